The molecule has 1 N–H and O–H groups in total. The van der Waals surface area contributed by atoms with E-state index in [0.717, 1.165) is 37.9 Å². The van der Waals surface area contributed by atoms with Gasteiger partial charge < -0.3 is 18.7 Å². The zero-order valence-corrected chi connectivity index (χ0v) is 39.9. The number of Topliss-reactive ketones (excluding diaryl/α,β-unsaturated/α-hetero) is 1. The van der Waals surface area contributed by atoms with E-state index in [1.165, 1.54) is 18.2 Å². The van der Waals surface area contributed by atoms with Gasteiger partial charge in [0, 0.05) is 86.6 Å². The van der Waals surface area contributed by atoms with Gasteiger partial charge in [0.2, 0.25) is 5.78 Å². The molecular weight excluding hydrogens is 1080 g/mol. The van der Waals surface area contributed by atoms with Gasteiger partial charge in [-0.2, -0.15) is 30.7 Å². The van der Waals surface area contributed by atoms with Crippen LogP contribution < -0.4 is 37.5 Å². The number of rotatable bonds is 9. The number of benzene rings is 8. The summed E-state index contributed by atoms with van der Waals surface area (Å²) >= 11 is 0. The third-order valence-corrected chi connectivity index (χ3v) is 16.9. The second-order valence-corrected chi connectivity index (χ2v) is 20.5. The van der Waals surface area contributed by atoms with Crippen LogP contribution in [0, 0.1) is 49.4 Å². The summed E-state index contributed by atoms with van der Waals surface area (Å²) in [4.78, 5) is 23.7. The van der Waals surface area contributed by atoms with Crippen LogP contribution in [0.1, 0.15) is 10.4 Å². The van der Waals surface area contributed by atoms with E-state index >= 15 is 0 Å². The fourth-order valence-electron chi connectivity index (χ4n) is 7.31. The van der Waals surface area contributed by atoms with E-state index in [1.807, 2.05) is 182 Å². The van der Waals surface area contributed by atoms with Crippen molar-refractivity contribution < 1.29 is 104 Å². The van der Waals surface area contributed by atoms with Crippen molar-refractivity contribution in [1.29, 1.82) is 0 Å². The summed E-state index contributed by atoms with van der Waals surface area (Å²) in [6, 6.07) is 66.7. The van der Waals surface area contributed by atoms with Gasteiger partial charge in [-0.25, -0.2) is 4.79 Å². The molecule has 16 heteroatoms. The van der Waals surface area contributed by atoms with Gasteiger partial charge in [0.05, 0.1) is 5.39 Å². The molecule has 0 spiro atoms. The molecule has 9 rings (SSSR count). The minimum absolute atomic E-state index is 0. The van der Waals surface area contributed by atoms with Gasteiger partial charge in [0.1, 0.15) is 11.3 Å². The monoisotopic (exact) mass is 1120 g/mol. The first-order chi connectivity index (χ1) is 32.4. The minimum Gasteiger partial charge on any atom is -0.506 e. The van der Waals surface area contributed by atoms with Crippen LogP contribution in [0.3, 0.4) is 0 Å². The number of halogens is 7. The third-order valence-electron chi connectivity index (χ3n) is 10.8. The Morgan fingerprint density at radius 2 is 0.739 bits per heavy atom. The van der Waals surface area contributed by atoms with Crippen LogP contribution in [-0.4, -0.2) is 28.9 Å². The van der Waals surface area contributed by atoms with Gasteiger partial charge in [0.15, 0.2) is 19.8 Å². The Morgan fingerprint density at radius 1 is 0.435 bits per heavy atom. The molecule has 0 aliphatic rings. The van der Waals surface area contributed by atoms with Crippen LogP contribution in [0.15, 0.2) is 228 Å². The first kappa shape index (κ1) is 52.6. The van der Waals surface area contributed by atoms with Crippen molar-refractivity contribution in [2.75, 3.05) is 0 Å². The van der Waals surface area contributed by atoms with Gasteiger partial charge in [-0.1, -0.05) is 212 Å². The zero-order valence-electron chi connectivity index (χ0n) is 35.7. The van der Waals surface area contributed by atoms with Crippen LogP contribution in [-0.2, 0) is 9.13 Å². The fraction of sp³-hybridized carbons (Fsp3) is 0.0566. The third kappa shape index (κ3) is 10.6. The van der Waals surface area contributed by atoms with E-state index in [2.05, 4.69) is 0 Å². The fourth-order valence-corrected chi connectivity index (χ4v) is 12.7. The van der Waals surface area contributed by atoms with Gasteiger partial charge >= 0.3 is 23.6 Å². The molecule has 0 saturated carbocycles. The molecule has 1 aromatic heterocycles. The van der Waals surface area contributed by atoms with Crippen LogP contribution in [0.2, 0.25) is 0 Å². The Hall–Kier alpha value is -5.75. The molecule has 0 bridgehead atoms. The van der Waals surface area contributed by atoms with Gasteiger partial charge in [-0.3, -0.25) is 4.79 Å². The molecule has 0 aliphatic heterocycles. The van der Waals surface area contributed by atoms with E-state index in [0.29, 0.717) is 5.39 Å². The molecular formula is C53H37EuF7O6P2. The Morgan fingerprint density at radius 3 is 1.06 bits per heavy atom. The summed E-state index contributed by atoms with van der Waals surface area (Å²) in [6.07, 6.45) is -6.78. The second-order valence-electron chi connectivity index (χ2n) is 15.0. The molecule has 8 aromatic carbocycles. The summed E-state index contributed by atoms with van der Waals surface area (Å²) in [6.45, 7) is 0. The van der Waals surface area contributed by atoms with Crippen molar-refractivity contribution in [2.45, 2.75) is 18.0 Å². The first-order valence-electron chi connectivity index (χ1n) is 20.5. The average Bonchev–Trinajstić information content (AvgIpc) is 3.37. The van der Waals surface area contributed by atoms with Crippen LogP contribution >= 0.6 is 14.3 Å². The molecule has 351 valence electrons. The number of fused-ring (bicyclic) bond motifs is 3. The van der Waals surface area contributed by atoms with Crippen LogP contribution in [0.25, 0.3) is 21.7 Å². The standard InChI is InChI=1S/2C18H15OP.C17H7F7O4.Eu/c2*19-20(16-10-4-1-5-11-16,17-12-6-2-7-13-17)18-14-8-3-9-15-18;18-15(19,16(20,21)17(22,23)24)13(26)10-11(25)9-6-5-7-3-1-2-4-8(7)12(9)28-14(10)27;/h2*1-15H;1-6,25H;. The van der Waals surface area contributed by atoms with Crippen molar-refractivity contribution in [1.82, 2.24) is 0 Å². The SMILES string of the molecule is O=C(c1c(O)c2ccc3ccccc3c2oc1=O)C(F)(F)C(F)(F)C(F)(F)F.O=P(c1ccccc1)(c1ccccc1)c1ccccc1.O=P(c1ccccc1)(c1ccccc1)c1ccccc1.[Eu]. The summed E-state index contributed by atoms with van der Waals surface area (Å²) in [5.74, 6) is -17.8. The summed E-state index contributed by atoms with van der Waals surface area (Å²) in [7, 11) is -5.55. The molecule has 1 heterocycles. The number of hydrogen-bond donors (Lipinski definition) is 1. The second kappa shape index (κ2) is 21.9. The molecule has 0 atom stereocenters. The van der Waals surface area contributed by atoms with E-state index in [1.54, 1.807) is 12.1 Å². The molecule has 6 nitrogen and oxygen atoms in total. The van der Waals surface area contributed by atoms with E-state index in [9.17, 15) is 54.6 Å². The molecule has 0 aliphatic carbocycles. The van der Waals surface area contributed by atoms with E-state index in [-0.39, 0.29) is 60.3 Å². The Labute approximate surface area is 431 Å². The molecule has 9 aromatic rings. The smallest absolute Gasteiger partial charge is 0.460 e. The zero-order chi connectivity index (χ0) is 48.7. The number of ketones is 1. The minimum atomic E-state index is -6.78. The summed E-state index contributed by atoms with van der Waals surface area (Å²) in [5.41, 5.74) is -4.34. The predicted molar refractivity (Wildman–Crippen MR) is 254 cm³/mol. The van der Waals surface area contributed by atoms with Crippen molar-refractivity contribution in [3.8, 4) is 5.75 Å². The van der Waals surface area contributed by atoms with Crippen LogP contribution in [0.4, 0.5) is 30.7 Å². The number of hydrogen-bond acceptors (Lipinski definition) is 6. The van der Waals surface area contributed by atoms with Crippen molar-refractivity contribution in [3.05, 3.63) is 234 Å². The Bertz CT molecular complexity index is 2990. The van der Waals surface area contributed by atoms with E-state index < -0.39 is 60.4 Å². The normalized spacial score (nSPS) is 11.9. The molecule has 0 unspecified atom stereocenters. The number of carbonyl (C=O) groups excluding carboxylic acids is 1. The quantitative estimate of drug-likeness (QED) is 0.0508. The number of carbonyl (C=O) groups is 1. The Balaban J connectivity index is 0.000000172. The Kier molecular flexibility index (Phi) is 16.7. The number of aromatic hydroxyl groups is 1. The molecule has 69 heavy (non-hydrogen) atoms. The topological polar surface area (TPSA) is 102 Å². The van der Waals surface area contributed by atoms with E-state index in [4.69, 9.17) is 4.42 Å². The van der Waals surface area contributed by atoms with Crippen molar-refractivity contribution in [2.24, 2.45) is 0 Å². The maximum Gasteiger partial charge on any atom is 0.460 e. The predicted octanol–water partition coefficient (Wildman–Crippen LogP) is 11.3. The molecule has 0 amide bonds. The summed E-state index contributed by atoms with van der Waals surface area (Å²) < 4.78 is 123. The van der Waals surface area contributed by atoms with Crippen molar-refractivity contribution >= 4 is 73.6 Å². The number of alkyl halides is 7. The van der Waals surface area contributed by atoms with Gasteiger partial charge in [0.25, 0.3) is 0 Å². The largest absolute Gasteiger partial charge is 0.506 e. The molecule has 0 fully saturated rings. The summed E-state index contributed by atoms with van der Waals surface area (Å²) in [5, 5.41) is 15.5. The van der Waals surface area contributed by atoms with Crippen LogP contribution in [0.5, 0.6) is 5.75 Å². The van der Waals surface area contributed by atoms with Crippen molar-refractivity contribution in [3.63, 3.8) is 0 Å². The molecule has 0 saturated heterocycles. The van der Waals surface area contributed by atoms with Gasteiger partial charge in [-0.05, 0) is 11.5 Å². The average molecular weight is 1120 g/mol. The first-order valence-corrected chi connectivity index (χ1v) is 23.9. The van der Waals surface area contributed by atoms with Gasteiger partial charge in [-0.15, -0.1) is 0 Å². The maximum absolute atomic E-state index is 13.8. The molecule has 1 radical (unpaired) electrons. The maximum atomic E-state index is 13.8.